The maximum absolute atomic E-state index is 12.7. The van der Waals surface area contributed by atoms with Crippen LogP contribution in [0.3, 0.4) is 0 Å². The van der Waals surface area contributed by atoms with E-state index in [1.54, 1.807) is 0 Å². The van der Waals surface area contributed by atoms with Crippen LogP contribution in [-0.2, 0) is 0 Å². The van der Waals surface area contributed by atoms with Crippen LogP contribution in [0.5, 0.6) is 5.75 Å². The number of aliphatic hydroxyl groups excluding tert-OH is 1. The van der Waals surface area contributed by atoms with Gasteiger partial charge in [-0.2, -0.15) is 0 Å². The summed E-state index contributed by atoms with van der Waals surface area (Å²) in [6, 6.07) is 4.03. The Balaban J connectivity index is 1.46. The Kier molecular flexibility index (Phi) is 3.91. The first-order chi connectivity index (χ1) is 11.5. The van der Waals surface area contributed by atoms with Gasteiger partial charge in [-0.3, -0.25) is 0 Å². The number of piperidine rings is 1. The van der Waals surface area contributed by atoms with E-state index in [0.29, 0.717) is 19.7 Å². The van der Waals surface area contributed by atoms with E-state index in [0.717, 1.165) is 29.7 Å². The van der Waals surface area contributed by atoms with Crippen molar-refractivity contribution in [3.63, 3.8) is 0 Å². The highest BCUT2D eigenvalue weighted by Gasteiger charge is 2.40. The number of urea groups is 1. The molecule has 2 bridgehead atoms. The first kappa shape index (κ1) is 15.8. The first-order valence-electron chi connectivity index (χ1n) is 9.01. The Morgan fingerprint density at radius 2 is 1.96 bits per heavy atom. The average molecular weight is 330 g/mol. The molecule has 0 spiro atoms. The Hall–Kier alpha value is -1.75. The fourth-order valence-corrected chi connectivity index (χ4v) is 4.47. The Labute approximate surface area is 143 Å². The molecule has 1 saturated carbocycles. The van der Waals surface area contributed by atoms with Crippen LogP contribution in [0, 0.1) is 25.7 Å². The lowest BCUT2D eigenvalue weighted by atomic mass is 9.75. The van der Waals surface area contributed by atoms with Crippen LogP contribution >= 0.6 is 0 Å². The summed E-state index contributed by atoms with van der Waals surface area (Å²) in [5.74, 6) is 1.40. The Morgan fingerprint density at radius 1 is 1.25 bits per heavy atom. The summed E-state index contributed by atoms with van der Waals surface area (Å²) in [5, 5.41) is 13.4. The topological polar surface area (TPSA) is 61.8 Å². The van der Waals surface area contributed by atoms with Gasteiger partial charge in [0.1, 0.15) is 12.4 Å². The number of benzene rings is 1. The average Bonchev–Trinajstić information content (AvgIpc) is 2.94. The second kappa shape index (κ2) is 5.96. The van der Waals surface area contributed by atoms with E-state index in [4.69, 9.17) is 4.74 Å². The van der Waals surface area contributed by atoms with Gasteiger partial charge in [0.2, 0.25) is 0 Å². The van der Waals surface area contributed by atoms with Gasteiger partial charge < -0.3 is 20.1 Å². The summed E-state index contributed by atoms with van der Waals surface area (Å²) in [6.07, 6.45) is 2.98. The Morgan fingerprint density at radius 3 is 2.67 bits per heavy atom. The van der Waals surface area contributed by atoms with Gasteiger partial charge in [0, 0.05) is 30.5 Å². The third-order valence-corrected chi connectivity index (χ3v) is 6.09. The van der Waals surface area contributed by atoms with Crippen molar-refractivity contribution in [3.8, 4) is 5.75 Å². The summed E-state index contributed by atoms with van der Waals surface area (Å²) in [7, 11) is 0. The van der Waals surface area contributed by atoms with Crippen LogP contribution in [0.25, 0.3) is 0 Å². The highest BCUT2D eigenvalue weighted by molar-refractivity contribution is 5.75. The third-order valence-electron chi connectivity index (χ3n) is 6.09. The largest absolute Gasteiger partial charge is 0.490 e. The normalized spacial score (nSPS) is 31.4. The molecule has 4 rings (SSSR count). The fourth-order valence-electron chi connectivity index (χ4n) is 4.47. The predicted octanol–water partition coefficient (Wildman–Crippen LogP) is 2.54. The smallest absolute Gasteiger partial charge is 0.318 e. The van der Waals surface area contributed by atoms with Crippen LogP contribution in [0.2, 0.25) is 0 Å². The zero-order valence-corrected chi connectivity index (χ0v) is 14.4. The number of likely N-dealkylation sites (tertiary alicyclic amines) is 1. The number of aliphatic hydroxyl groups is 1. The predicted molar refractivity (Wildman–Crippen MR) is 91.1 cm³/mol. The molecular weight excluding hydrogens is 304 g/mol. The van der Waals surface area contributed by atoms with Crippen molar-refractivity contribution in [3.05, 3.63) is 28.8 Å². The van der Waals surface area contributed by atoms with E-state index in [2.05, 4.69) is 31.3 Å². The number of aryl methyl sites for hydroxylation is 1. The standard InChI is InChI=1S/C19H26N2O3/c1-11-6-7-15-16(10-24-18(15)12(11)2)20-19(23)21-8-13-4-3-5-14(9-21)17(13)22/h6-7,13-14,16-17,22H,3-5,8-10H2,1-2H3,(H,20,23)/t13-,14+,16-,17?/m0/s1. The lowest BCUT2D eigenvalue weighted by molar-refractivity contribution is -0.0370. The summed E-state index contributed by atoms with van der Waals surface area (Å²) >= 11 is 0. The quantitative estimate of drug-likeness (QED) is 0.832. The summed E-state index contributed by atoms with van der Waals surface area (Å²) < 4.78 is 5.83. The number of hydrogen-bond acceptors (Lipinski definition) is 3. The van der Waals surface area contributed by atoms with E-state index in [9.17, 15) is 9.90 Å². The van der Waals surface area contributed by atoms with Crippen molar-refractivity contribution >= 4 is 6.03 Å². The summed E-state index contributed by atoms with van der Waals surface area (Å²) in [6.45, 7) is 5.96. The molecule has 130 valence electrons. The lowest BCUT2D eigenvalue weighted by Crippen LogP contribution is -2.55. The van der Waals surface area contributed by atoms with Crippen LogP contribution in [0.1, 0.15) is 42.0 Å². The van der Waals surface area contributed by atoms with Gasteiger partial charge in [0.15, 0.2) is 0 Å². The number of amides is 2. The molecule has 1 saturated heterocycles. The number of carbonyl (C=O) groups is 1. The molecule has 2 N–H and O–H groups in total. The third kappa shape index (κ3) is 2.55. The molecular formula is C19H26N2O3. The molecule has 2 amide bonds. The van der Waals surface area contributed by atoms with Gasteiger partial charge in [0.05, 0.1) is 12.1 Å². The number of ether oxygens (including phenoxy) is 1. The summed E-state index contributed by atoms with van der Waals surface area (Å²) in [4.78, 5) is 14.6. The molecule has 1 unspecified atom stereocenters. The molecule has 1 aromatic carbocycles. The van der Waals surface area contributed by atoms with Gasteiger partial charge in [0.25, 0.3) is 0 Å². The summed E-state index contributed by atoms with van der Waals surface area (Å²) in [5.41, 5.74) is 3.43. The number of hydrogen-bond donors (Lipinski definition) is 2. The number of carbonyl (C=O) groups excluding carboxylic acids is 1. The second-order valence-corrected chi connectivity index (χ2v) is 7.59. The van der Waals surface area contributed by atoms with Crippen molar-refractivity contribution < 1.29 is 14.6 Å². The molecule has 2 fully saturated rings. The van der Waals surface area contributed by atoms with Gasteiger partial charge in [-0.15, -0.1) is 0 Å². The molecule has 2 aliphatic heterocycles. The molecule has 1 aromatic rings. The Bertz CT molecular complexity index is 646. The van der Waals surface area contributed by atoms with Crippen molar-refractivity contribution in [1.82, 2.24) is 10.2 Å². The van der Waals surface area contributed by atoms with E-state index in [1.165, 1.54) is 12.0 Å². The van der Waals surface area contributed by atoms with E-state index in [1.807, 2.05) is 4.90 Å². The minimum Gasteiger partial charge on any atom is -0.490 e. The van der Waals surface area contributed by atoms with Crippen LogP contribution in [0.4, 0.5) is 4.79 Å². The van der Waals surface area contributed by atoms with Gasteiger partial charge in [-0.05, 0) is 37.8 Å². The van der Waals surface area contributed by atoms with Gasteiger partial charge in [-0.25, -0.2) is 4.79 Å². The number of nitrogens with zero attached hydrogens (tertiary/aromatic N) is 1. The molecule has 1 aliphatic carbocycles. The molecule has 2 heterocycles. The molecule has 4 atom stereocenters. The van der Waals surface area contributed by atoms with Crippen molar-refractivity contribution in [1.29, 1.82) is 0 Å². The van der Waals surface area contributed by atoms with Gasteiger partial charge >= 0.3 is 6.03 Å². The minimum atomic E-state index is -0.232. The molecule has 5 nitrogen and oxygen atoms in total. The lowest BCUT2D eigenvalue weighted by Gasteiger charge is -2.45. The van der Waals surface area contributed by atoms with Crippen molar-refractivity contribution in [2.24, 2.45) is 11.8 Å². The highest BCUT2D eigenvalue weighted by atomic mass is 16.5. The van der Waals surface area contributed by atoms with E-state index in [-0.39, 0.29) is 30.0 Å². The van der Waals surface area contributed by atoms with Crippen LogP contribution < -0.4 is 10.1 Å². The zero-order valence-electron chi connectivity index (χ0n) is 14.4. The first-order valence-corrected chi connectivity index (χ1v) is 9.01. The number of fused-ring (bicyclic) bond motifs is 3. The minimum absolute atomic E-state index is 0.0292. The fraction of sp³-hybridized carbons (Fsp3) is 0.632. The monoisotopic (exact) mass is 330 g/mol. The molecule has 24 heavy (non-hydrogen) atoms. The van der Waals surface area contributed by atoms with E-state index < -0.39 is 0 Å². The number of nitrogens with one attached hydrogen (secondary N) is 1. The van der Waals surface area contributed by atoms with Crippen LogP contribution in [-0.4, -0.2) is 41.8 Å². The molecule has 0 radical (unpaired) electrons. The SMILES string of the molecule is Cc1ccc2c(c1C)OC[C@@H]2NC(=O)N1C[C@H]2CCC[C@@H](C1)C2O. The maximum atomic E-state index is 12.7. The van der Waals surface area contributed by atoms with Crippen molar-refractivity contribution in [2.75, 3.05) is 19.7 Å². The number of rotatable bonds is 1. The van der Waals surface area contributed by atoms with Gasteiger partial charge in [-0.1, -0.05) is 18.6 Å². The van der Waals surface area contributed by atoms with Crippen LogP contribution in [0.15, 0.2) is 12.1 Å². The molecule has 3 aliphatic rings. The molecule has 0 aromatic heterocycles. The van der Waals surface area contributed by atoms with E-state index >= 15 is 0 Å². The highest BCUT2D eigenvalue weighted by Crippen LogP contribution is 2.38. The zero-order chi connectivity index (χ0) is 16.8. The van der Waals surface area contributed by atoms with Crippen molar-refractivity contribution in [2.45, 2.75) is 45.3 Å². The molecule has 5 heteroatoms. The second-order valence-electron chi connectivity index (χ2n) is 7.59. The maximum Gasteiger partial charge on any atom is 0.318 e.